The molecule has 1 aromatic rings. The third-order valence-electron chi connectivity index (χ3n) is 4.28. The van der Waals surface area contributed by atoms with Crippen LogP contribution in [0.3, 0.4) is 0 Å². The third-order valence-corrected chi connectivity index (χ3v) is 4.28. The molecule has 0 saturated heterocycles. The fourth-order valence-corrected chi connectivity index (χ4v) is 3.29. The zero-order chi connectivity index (χ0) is 15.0. The van der Waals surface area contributed by atoms with Crippen LogP contribution in [-0.4, -0.2) is 27.3 Å². The van der Waals surface area contributed by atoms with Gasteiger partial charge in [-0.1, -0.05) is 19.3 Å². The molecule has 0 radical (unpaired) electrons. The van der Waals surface area contributed by atoms with Crippen LogP contribution in [0.25, 0.3) is 0 Å². The Labute approximate surface area is 121 Å². The van der Waals surface area contributed by atoms with Crippen molar-refractivity contribution >= 4 is 11.9 Å². The van der Waals surface area contributed by atoms with Gasteiger partial charge in [-0.15, -0.1) is 0 Å². The molecule has 0 spiro atoms. The van der Waals surface area contributed by atoms with Crippen molar-refractivity contribution in [1.82, 2.24) is 14.9 Å². The van der Waals surface area contributed by atoms with E-state index in [1.165, 1.54) is 19.3 Å². The van der Waals surface area contributed by atoms with Gasteiger partial charge in [0.15, 0.2) is 0 Å². The minimum atomic E-state index is -2.82. The lowest BCUT2D eigenvalue weighted by molar-refractivity contribution is 0.0728. The molecule has 1 aromatic heterocycles. The highest BCUT2D eigenvalue weighted by Crippen LogP contribution is 2.32. The monoisotopic (exact) mass is 296 g/mol. The summed E-state index contributed by atoms with van der Waals surface area (Å²) >= 11 is 0. The van der Waals surface area contributed by atoms with Gasteiger partial charge in [-0.25, -0.2) is 18.7 Å². The molecule has 1 fully saturated rings. The predicted molar refractivity (Wildman–Crippen MR) is 72.7 cm³/mol. The highest BCUT2D eigenvalue weighted by molar-refractivity contribution is 5.99. The molecule has 3 rings (SSSR count). The predicted octanol–water partition coefficient (Wildman–Crippen LogP) is 2.53. The van der Waals surface area contributed by atoms with Crippen molar-refractivity contribution in [3.63, 3.8) is 0 Å². The van der Waals surface area contributed by atoms with Gasteiger partial charge in [0.25, 0.3) is 12.3 Å². The Kier molecular flexibility index (Phi) is 3.73. The Morgan fingerprint density at radius 1 is 1.24 bits per heavy atom. The van der Waals surface area contributed by atoms with E-state index < -0.39 is 12.1 Å². The van der Waals surface area contributed by atoms with Crippen LogP contribution in [0.5, 0.6) is 0 Å². The van der Waals surface area contributed by atoms with Crippen LogP contribution in [0.15, 0.2) is 0 Å². The fourth-order valence-electron chi connectivity index (χ4n) is 3.29. The van der Waals surface area contributed by atoms with Crippen molar-refractivity contribution in [2.45, 2.75) is 45.1 Å². The number of carbonyl (C=O) groups excluding carboxylic acids is 1. The van der Waals surface area contributed by atoms with Crippen LogP contribution in [0.2, 0.25) is 0 Å². The Balaban J connectivity index is 1.83. The van der Waals surface area contributed by atoms with Crippen molar-refractivity contribution < 1.29 is 13.6 Å². The highest BCUT2D eigenvalue weighted by atomic mass is 19.3. The Morgan fingerprint density at radius 3 is 2.62 bits per heavy atom. The van der Waals surface area contributed by atoms with E-state index in [2.05, 4.69) is 9.97 Å². The lowest BCUT2D eigenvalue weighted by atomic mass is 9.89. The smallest absolute Gasteiger partial charge is 0.281 e. The van der Waals surface area contributed by atoms with Crippen LogP contribution in [-0.2, 0) is 6.54 Å². The topological polar surface area (TPSA) is 72.1 Å². The number of hydrogen-bond acceptors (Lipinski definition) is 4. The van der Waals surface area contributed by atoms with Crippen LogP contribution in [0.1, 0.15) is 60.3 Å². The molecule has 0 atom stereocenters. The van der Waals surface area contributed by atoms with Gasteiger partial charge in [-0.05, 0) is 18.8 Å². The molecule has 2 N–H and O–H groups in total. The molecule has 1 aliphatic heterocycles. The molecule has 7 heteroatoms. The molecule has 21 heavy (non-hydrogen) atoms. The normalized spacial score (nSPS) is 19.4. The number of anilines is 1. The highest BCUT2D eigenvalue weighted by Gasteiger charge is 2.36. The first-order chi connectivity index (χ1) is 10.1. The standard InChI is InChI=1S/C14H18F2N4O/c15-12(16)11-10-9(18-14(17)19-11)7-20(13(10)21)6-8-4-2-1-3-5-8/h8,12H,1-7H2,(H2,17,18,19). The first-order valence-electron chi connectivity index (χ1n) is 7.30. The Bertz CT molecular complexity index is 558. The van der Waals surface area contributed by atoms with Gasteiger partial charge in [-0.3, -0.25) is 4.79 Å². The van der Waals surface area contributed by atoms with Gasteiger partial charge in [-0.2, -0.15) is 0 Å². The van der Waals surface area contributed by atoms with Crippen molar-refractivity contribution in [2.24, 2.45) is 5.92 Å². The van der Waals surface area contributed by atoms with Crippen LogP contribution in [0, 0.1) is 5.92 Å². The minimum absolute atomic E-state index is 0.0463. The van der Waals surface area contributed by atoms with Crippen molar-refractivity contribution in [1.29, 1.82) is 0 Å². The molecule has 0 aromatic carbocycles. The number of carbonyl (C=O) groups is 1. The number of amides is 1. The van der Waals surface area contributed by atoms with E-state index in [1.54, 1.807) is 4.90 Å². The number of alkyl halides is 2. The second-order valence-electron chi connectivity index (χ2n) is 5.78. The van der Waals surface area contributed by atoms with Crippen molar-refractivity contribution in [3.8, 4) is 0 Å². The number of aromatic nitrogens is 2. The summed E-state index contributed by atoms with van der Waals surface area (Å²) in [7, 11) is 0. The molecule has 0 bridgehead atoms. The molecule has 114 valence electrons. The van der Waals surface area contributed by atoms with Crippen LogP contribution < -0.4 is 5.73 Å². The van der Waals surface area contributed by atoms with E-state index in [9.17, 15) is 13.6 Å². The summed E-state index contributed by atoms with van der Waals surface area (Å²) in [6, 6.07) is 0. The molecule has 2 aliphatic rings. The maximum atomic E-state index is 13.0. The molecule has 1 saturated carbocycles. The molecular weight excluding hydrogens is 278 g/mol. The number of rotatable bonds is 3. The van der Waals surface area contributed by atoms with E-state index in [-0.39, 0.29) is 24.0 Å². The summed E-state index contributed by atoms with van der Waals surface area (Å²) < 4.78 is 26.1. The molecule has 2 heterocycles. The van der Waals surface area contributed by atoms with Crippen molar-refractivity contribution in [2.75, 3.05) is 12.3 Å². The fraction of sp³-hybridized carbons (Fsp3) is 0.643. The van der Waals surface area contributed by atoms with Crippen molar-refractivity contribution in [3.05, 3.63) is 17.0 Å². The zero-order valence-corrected chi connectivity index (χ0v) is 11.7. The van der Waals surface area contributed by atoms with E-state index in [0.717, 1.165) is 12.8 Å². The summed E-state index contributed by atoms with van der Waals surface area (Å²) in [4.78, 5) is 21.5. The van der Waals surface area contributed by atoms with Crippen LogP contribution in [0.4, 0.5) is 14.7 Å². The first kappa shape index (κ1) is 14.2. The van der Waals surface area contributed by atoms with Crippen LogP contribution >= 0.6 is 0 Å². The number of hydrogen-bond donors (Lipinski definition) is 1. The number of nitrogens with two attached hydrogens (primary N) is 1. The molecule has 5 nitrogen and oxygen atoms in total. The Hall–Kier alpha value is -1.79. The number of fused-ring (bicyclic) bond motifs is 1. The van der Waals surface area contributed by atoms with Gasteiger partial charge in [0.05, 0.1) is 17.8 Å². The van der Waals surface area contributed by atoms with E-state index >= 15 is 0 Å². The average molecular weight is 296 g/mol. The molecule has 0 unspecified atom stereocenters. The van der Waals surface area contributed by atoms with E-state index in [0.29, 0.717) is 18.2 Å². The second-order valence-corrected chi connectivity index (χ2v) is 5.78. The van der Waals surface area contributed by atoms with Gasteiger partial charge in [0.2, 0.25) is 5.95 Å². The largest absolute Gasteiger partial charge is 0.368 e. The lowest BCUT2D eigenvalue weighted by Gasteiger charge is -2.26. The number of halogens is 2. The minimum Gasteiger partial charge on any atom is -0.368 e. The van der Waals surface area contributed by atoms with Gasteiger partial charge in [0, 0.05) is 6.54 Å². The average Bonchev–Trinajstić information content (AvgIpc) is 2.75. The maximum absolute atomic E-state index is 13.0. The number of nitrogen functional groups attached to an aromatic ring is 1. The van der Waals surface area contributed by atoms with Gasteiger partial charge in [0.1, 0.15) is 5.69 Å². The van der Waals surface area contributed by atoms with E-state index in [4.69, 9.17) is 5.73 Å². The molecule has 1 aliphatic carbocycles. The number of nitrogens with zero attached hydrogens (tertiary/aromatic N) is 3. The molecule has 1 amide bonds. The first-order valence-corrected chi connectivity index (χ1v) is 7.30. The van der Waals surface area contributed by atoms with Gasteiger partial charge < -0.3 is 10.6 Å². The second kappa shape index (κ2) is 5.54. The maximum Gasteiger partial charge on any atom is 0.281 e. The van der Waals surface area contributed by atoms with E-state index in [1.807, 2.05) is 0 Å². The Morgan fingerprint density at radius 2 is 1.95 bits per heavy atom. The SMILES string of the molecule is Nc1nc2c(c(C(F)F)n1)C(=O)N(CC1CCCCC1)C2. The summed E-state index contributed by atoms with van der Waals surface area (Å²) in [5.41, 5.74) is 5.21. The quantitative estimate of drug-likeness (QED) is 0.930. The summed E-state index contributed by atoms with van der Waals surface area (Å²) in [6.07, 6.45) is 2.96. The summed E-state index contributed by atoms with van der Waals surface area (Å²) in [5, 5.41) is 0. The lowest BCUT2D eigenvalue weighted by Crippen LogP contribution is -2.31. The summed E-state index contributed by atoms with van der Waals surface area (Å²) in [6.45, 7) is 0.870. The third kappa shape index (κ3) is 2.69. The zero-order valence-electron chi connectivity index (χ0n) is 11.7. The molecular formula is C14H18F2N4O. The summed E-state index contributed by atoms with van der Waals surface area (Å²) in [5.74, 6) is -0.125. The van der Waals surface area contributed by atoms with Gasteiger partial charge >= 0.3 is 0 Å².